The van der Waals surface area contributed by atoms with Crippen LogP contribution in [0, 0.1) is 17.3 Å². The fourth-order valence-electron chi connectivity index (χ4n) is 2.71. The maximum absolute atomic E-state index is 12.3. The third-order valence-electron chi connectivity index (χ3n) is 4.07. The lowest BCUT2D eigenvalue weighted by atomic mass is 9.67. The van der Waals surface area contributed by atoms with Crippen molar-refractivity contribution in [3.8, 4) is 0 Å². The molecule has 0 saturated heterocycles. The van der Waals surface area contributed by atoms with Crippen LogP contribution in [-0.2, 0) is 0 Å². The Balaban J connectivity index is 2.63. The fourth-order valence-corrected chi connectivity index (χ4v) is 2.71. The van der Waals surface area contributed by atoms with E-state index in [1.807, 2.05) is 0 Å². The topological polar surface area (TPSA) is 40.5 Å². The van der Waals surface area contributed by atoms with E-state index in [1.54, 1.807) is 0 Å². The fraction of sp³-hybridized carbons (Fsp3) is 1.00. The Hall–Kier alpha value is -0.290. The predicted octanol–water partition coefficient (Wildman–Crippen LogP) is 3.12. The van der Waals surface area contributed by atoms with Crippen LogP contribution in [-0.4, -0.2) is 28.6 Å². The average Bonchev–Trinajstić information content (AvgIpc) is 2.18. The number of halogens is 3. The normalized spacial score (nSPS) is 32.3. The first-order valence-electron chi connectivity index (χ1n) is 6.44. The highest BCUT2D eigenvalue weighted by atomic mass is 19.4. The molecular formula is C13H23F3O2. The van der Waals surface area contributed by atoms with Gasteiger partial charge in [0.2, 0.25) is 0 Å². The Bertz CT molecular complexity index is 268. The van der Waals surface area contributed by atoms with E-state index >= 15 is 0 Å². The van der Waals surface area contributed by atoms with Gasteiger partial charge in [0, 0.05) is 0 Å². The minimum atomic E-state index is -4.59. The molecule has 4 unspecified atom stereocenters. The first-order valence-corrected chi connectivity index (χ1v) is 6.44. The lowest BCUT2D eigenvalue weighted by Gasteiger charge is -2.40. The van der Waals surface area contributed by atoms with Gasteiger partial charge in [0.1, 0.15) is 6.10 Å². The lowest BCUT2D eigenvalue weighted by Crippen LogP contribution is -2.39. The second kappa shape index (κ2) is 5.37. The van der Waals surface area contributed by atoms with Gasteiger partial charge in [-0.15, -0.1) is 0 Å². The molecule has 18 heavy (non-hydrogen) atoms. The van der Waals surface area contributed by atoms with E-state index in [4.69, 9.17) is 5.11 Å². The second-order valence-corrected chi connectivity index (χ2v) is 6.50. The standard InChI is InChI=1S/C13H23F3O2/c1-12(2,3)9-4-5-10(17)8(6-9)7-11(18)13(14,15)16/h8-11,17-18H,4-7H2,1-3H3. The first kappa shape index (κ1) is 15.8. The minimum Gasteiger partial charge on any atom is -0.393 e. The number of rotatable bonds is 2. The van der Waals surface area contributed by atoms with Crippen molar-refractivity contribution in [1.82, 2.24) is 0 Å². The third kappa shape index (κ3) is 4.12. The van der Waals surface area contributed by atoms with Gasteiger partial charge in [0.25, 0.3) is 0 Å². The van der Waals surface area contributed by atoms with Crippen LogP contribution in [0.1, 0.15) is 46.5 Å². The van der Waals surface area contributed by atoms with E-state index in [2.05, 4.69) is 20.8 Å². The highest BCUT2D eigenvalue weighted by Gasteiger charge is 2.43. The molecule has 0 spiro atoms. The van der Waals surface area contributed by atoms with E-state index < -0.39 is 30.7 Å². The zero-order valence-corrected chi connectivity index (χ0v) is 11.2. The summed E-state index contributed by atoms with van der Waals surface area (Å²) in [6.07, 6.45) is -6.11. The average molecular weight is 268 g/mol. The molecule has 0 aliphatic heterocycles. The van der Waals surface area contributed by atoms with Gasteiger partial charge in [0.15, 0.2) is 0 Å². The molecule has 5 heteroatoms. The summed E-state index contributed by atoms with van der Waals surface area (Å²) in [4.78, 5) is 0. The number of alkyl halides is 3. The maximum atomic E-state index is 12.3. The molecule has 1 rings (SSSR count). The van der Waals surface area contributed by atoms with Gasteiger partial charge < -0.3 is 10.2 Å². The van der Waals surface area contributed by atoms with Gasteiger partial charge in [-0.3, -0.25) is 0 Å². The SMILES string of the molecule is CC(C)(C)C1CCC(O)C(CC(O)C(F)(F)F)C1. The van der Waals surface area contributed by atoms with Gasteiger partial charge in [0.05, 0.1) is 6.10 Å². The van der Waals surface area contributed by atoms with Crippen LogP contribution in [0.25, 0.3) is 0 Å². The second-order valence-electron chi connectivity index (χ2n) is 6.50. The molecule has 0 amide bonds. The van der Waals surface area contributed by atoms with Crippen molar-refractivity contribution in [2.75, 3.05) is 0 Å². The Labute approximate surface area is 106 Å². The van der Waals surface area contributed by atoms with E-state index in [9.17, 15) is 18.3 Å². The van der Waals surface area contributed by atoms with Crippen LogP contribution < -0.4 is 0 Å². The van der Waals surface area contributed by atoms with Crippen molar-refractivity contribution in [2.45, 2.75) is 64.8 Å². The molecule has 0 radical (unpaired) electrons. The number of hydrogen-bond donors (Lipinski definition) is 2. The van der Waals surface area contributed by atoms with Gasteiger partial charge in [-0.25, -0.2) is 0 Å². The van der Waals surface area contributed by atoms with Crippen LogP contribution in [0.5, 0.6) is 0 Å². The predicted molar refractivity (Wildman–Crippen MR) is 63.0 cm³/mol. The number of aliphatic hydroxyl groups is 2. The van der Waals surface area contributed by atoms with Crippen molar-refractivity contribution in [1.29, 1.82) is 0 Å². The molecule has 1 saturated carbocycles. The van der Waals surface area contributed by atoms with E-state index in [0.717, 1.165) is 6.42 Å². The van der Waals surface area contributed by atoms with Crippen molar-refractivity contribution in [3.63, 3.8) is 0 Å². The highest BCUT2D eigenvalue weighted by molar-refractivity contribution is 4.87. The molecular weight excluding hydrogens is 245 g/mol. The van der Waals surface area contributed by atoms with E-state index in [0.29, 0.717) is 18.8 Å². The molecule has 0 heterocycles. The van der Waals surface area contributed by atoms with Crippen LogP contribution in [0.2, 0.25) is 0 Å². The summed E-state index contributed by atoms with van der Waals surface area (Å²) < 4.78 is 37.0. The quantitative estimate of drug-likeness (QED) is 0.807. The van der Waals surface area contributed by atoms with E-state index in [-0.39, 0.29) is 5.41 Å². The van der Waals surface area contributed by atoms with Gasteiger partial charge in [-0.1, -0.05) is 20.8 Å². The lowest BCUT2D eigenvalue weighted by molar-refractivity contribution is -0.212. The molecule has 1 aliphatic carbocycles. The van der Waals surface area contributed by atoms with Crippen LogP contribution in [0.15, 0.2) is 0 Å². The van der Waals surface area contributed by atoms with Gasteiger partial charge in [-0.2, -0.15) is 13.2 Å². The largest absolute Gasteiger partial charge is 0.414 e. The highest BCUT2D eigenvalue weighted by Crippen LogP contribution is 2.42. The monoisotopic (exact) mass is 268 g/mol. The molecule has 4 atom stereocenters. The van der Waals surface area contributed by atoms with Crippen LogP contribution in [0.3, 0.4) is 0 Å². The Morgan fingerprint density at radius 3 is 2.17 bits per heavy atom. The molecule has 1 fully saturated rings. The van der Waals surface area contributed by atoms with Crippen molar-refractivity contribution in [3.05, 3.63) is 0 Å². The molecule has 0 aromatic rings. The molecule has 2 nitrogen and oxygen atoms in total. The first-order chi connectivity index (χ1) is 8.01. The van der Waals surface area contributed by atoms with Gasteiger partial charge in [-0.05, 0) is 42.9 Å². The van der Waals surface area contributed by atoms with Crippen molar-refractivity contribution in [2.24, 2.45) is 17.3 Å². The molecule has 0 bridgehead atoms. The smallest absolute Gasteiger partial charge is 0.393 e. The maximum Gasteiger partial charge on any atom is 0.414 e. The summed E-state index contributed by atoms with van der Waals surface area (Å²) in [5.74, 6) is -0.161. The third-order valence-corrected chi connectivity index (χ3v) is 4.07. The summed E-state index contributed by atoms with van der Waals surface area (Å²) in [6.45, 7) is 6.19. The summed E-state index contributed by atoms with van der Waals surface area (Å²) in [5.41, 5.74) is 0.0293. The molecule has 1 aliphatic rings. The minimum absolute atomic E-state index is 0.0293. The zero-order chi connectivity index (χ0) is 14.1. The molecule has 108 valence electrons. The Morgan fingerprint density at radius 1 is 1.17 bits per heavy atom. The van der Waals surface area contributed by atoms with Gasteiger partial charge >= 0.3 is 6.18 Å². The number of hydrogen-bond acceptors (Lipinski definition) is 2. The summed E-state index contributed by atoms with van der Waals surface area (Å²) in [6, 6.07) is 0. The molecule has 2 N–H and O–H groups in total. The summed E-state index contributed by atoms with van der Waals surface area (Å²) >= 11 is 0. The Morgan fingerprint density at radius 2 is 1.72 bits per heavy atom. The molecule has 0 aromatic heterocycles. The van der Waals surface area contributed by atoms with Crippen LogP contribution in [0.4, 0.5) is 13.2 Å². The Kier molecular flexibility index (Phi) is 4.70. The van der Waals surface area contributed by atoms with Crippen molar-refractivity contribution < 1.29 is 23.4 Å². The summed E-state index contributed by atoms with van der Waals surface area (Å²) in [7, 11) is 0. The molecule has 0 aromatic carbocycles. The number of aliphatic hydroxyl groups excluding tert-OH is 2. The summed E-state index contributed by atoms with van der Waals surface area (Å²) in [5, 5.41) is 18.9. The zero-order valence-electron chi connectivity index (χ0n) is 11.2. The van der Waals surface area contributed by atoms with E-state index in [1.165, 1.54) is 0 Å². The van der Waals surface area contributed by atoms with Crippen molar-refractivity contribution >= 4 is 0 Å². The van der Waals surface area contributed by atoms with Crippen LogP contribution >= 0.6 is 0 Å².